The fraction of sp³-hybridized carbons (Fsp3) is 0.118. The van der Waals surface area contributed by atoms with Crippen molar-refractivity contribution in [3.63, 3.8) is 0 Å². The lowest BCUT2D eigenvalue weighted by molar-refractivity contribution is -0.580. The van der Waals surface area contributed by atoms with E-state index in [0.29, 0.717) is 0 Å². The van der Waals surface area contributed by atoms with E-state index in [4.69, 9.17) is 0 Å². The molecule has 9 heteroatoms. The molecule has 0 radical (unpaired) electrons. The maximum Gasteiger partial charge on any atom is 0.465 e. The third-order valence-electron chi connectivity index (χ3n) is 3.80. The van der Waals surface area contributed by atoms with Gasteiger partial charge in [0.1, 0.15) is 5.82 Å². The number of benzene rings is 2. The van der Waals surface area contributed by atoms with Gasteiger partial charge < -0.3 is 0 Å². The molecule has 2 aromatic rings. The van der Waals surface area contributed by atoms with E-state index in [1.807, 2.05) is 4.99 Å². The first kappa shape index (κ1) is 17.6. The van der Waals surface area contributed by atoms with Crippen molar-refractivity contribution in [2.45, 2.75) is 11.8 Å². The Labute approximate surface area is 144 Å². The minimum atomic E-state index is -5.19. The van der Waals surface area contributed by atoms with E-state index >= 15 is 0 Å². The highest BCUT2D eigenvalue weighted by atomic mass is 19.4. The first-order valence-electron chi connectivity index (χ1n) is 7.40. The van der Waals surface area contributed by atoms with Gasteiger partial charge >= 0.3 is 17.7 Å². The second-order valence-electron chi connectivity index (χ2n) is 5.50. The number of amides is 2. The van der Waals surface area contributed by atoms with Gasteiger partial charge in [-0.1, -0.05) is 30.3 Å². The van der Waals surface area contributed by atoms with E-state index in [2.05, 4.69) is 5.32 Å². The summed E-state index contributed by atoms with van der Waals surface area (Å²) in [5.41, 5.74) is -3.75. The number of hydrogen-bond acceptors (Lipinski definition) is 2. The molecule has 3 N–H and O–H groups in total. The molecule has 2 amide bonds. The highest BCUT2D eigenvalue weighted by Gasteiger charge is 2.70. The smallest absolute Gasteiger partial charge is 0.293 e. The number of nitrogens with one attached hydrogen (secondary N) is 3. The first-order valence-corrected chi connectivity index (χ1v) is 7.40. The van der Waals surface area contributed by atoms with Crippen LogP contribution in [0.25, 0.3) is 0 Å². The average molecular weight is 366 g/mol. The Kier molecular flexibility index (Phi) is 4.23. The monoisotopic (exact) mass is 366 g/mol. The summed E-state index contributed by atoms with van der Waals surface area (Å²) in [5.74, 6) is -4.12. The fourth-order valence-electron chi connectivity index (χ4n) is 2.47. The molecule has 134 valence electrons. The molecule has 5 nitrogen and oxygen atoms in total. The van der Waals surface area contributed by atoms with Crippen LogP contribution in [0.1, 0.15) is 15.9 Å². The van der Waals surface area contributed by atoms with Crippen LogP contribution in [0.3, 0.4) is 0 Å². The van der Waals surface area contributed by atoms with Crippen molar-refractivity contribution in [1.82, 2.24) is 10.6 Å². The Morgan fingerprint density at radius 3 is 2.27 bits per heavy atom. The number of hydrogen-bond donors (Lipinski definition) is 3. The summed E-state index contributed by atoms with van der Waals surface area (Å²) in [6.45, 7) is 0. The molecule has 0 bridgehead atoms. The lowest BCUT2D eigenvalue weighted by atomic mass is 10.1. The van der Waals surface area contributed by atoms with Crippen LogP contribution in [0.15, 0.2) is 54.6 Å². The van der Waals surface area contributed by atoms with E-state index < -0.39 is 35.0 Å². The zero-order valence-electron chi connectivity index (χ0n) is 13.0. The zero-order valence-corrected chi connectivity index (χ0v) is 13.0. The lowest BCUT2D eigenvalue weighted by Crippen LogP contribution is -2.96. The number of amidine groups is 1. The molecule has 1 aliphatic rings. The Hall–Kier alpha value is -3.23. The minimum absolute atomic E-state index is 0.221. The molecule has 1 aliphatic heterocycles. The van der Waals surface area contributed by atoms with Gasteiger partial charge in [-0.15, -0.1) is 0 Å². The van der Waals surface area contributed by atoms with Crippen LogP contribution in [-0.4, -0.2) is 29.5 Å². The van der Waals surface area contributed by atoms with Gasteiger partial charge in [0.15, 0.2) is 0 Å². The Balaban J connectivity index is 2.03. The minimum Gasteiger partial charge on any atom is -0.293 e. The van der Waals surface area contributed by atoms with E-state index in [9.17, 15) is 27.2 Å². The van der Waals surface area contributed by atoms with Crippen LogP contribution in [0.5, 0.6) is 0 Å². The molecule has 0 fully saturated rings. The van der Waals surface area contributed by atoms with Crippen LogP contribution in [0, 0.1) is 5.82 Å². The normalized spacial score (nSPS) is 19.7. The third-order valence-corrected chi connectivity index (χ3v) is 3.80. The van der Waals surface area contributed by atoms with Gasteiger partial charge in [-0.05, 0) is 24.3 Å². The van der Waals surface area contributed by atoms with Crippen molar-refractivity contribution in [2.75, 3.05) is 0 Å². The summed E-state index contributed by atoms with van der Waals surface area (Å²) >= 11 is 0. The van der Waals surface area contributed by atoms with Gasteiger partial charge in [-0.2, -0.15) is 13.2 Å². The van der Waals surface area contributed by atoms with Gasteiger partial charge in [0.2, 0.25) is 0 Å². The topological polar surface area (TPSA) is 72.2 Å². The third kappa shape index (κ3) is 2.92. The largest absolute Gasteiger partial charge is 0.465 e. The van der Waals surface area contributed by atoms with Crippen molar-refractivity contribution in [1.29, 1.82) is 0 Å². The number of alkyl halides is 3. The van der Waals surface area contributed by atoms with Gasteiger partial charge in [0, 0.05) is 0 Å². The van der Waals surface area contributed by atoms with E-state index in [1.165, 1.54) is 24.3 Å². The van der Waals surface area contributed by atoms with Crippen molar-refractivity contribution >= 4 is 17.6 Å². The second kappa shape index (κ2) is 6.25. The molecule has 3 rings (SSSR count). The SMILES string of the molecule is O=C(N[C@@]1(C(F)(F)F)[NH+]=C(c2ccccc2)NC1=O)c1ccccc1F. The number of halogens is 4. The summed E-state index contributed by atoms with van der Waals surface area (Å²) in [5, 5.41) is 3.67. The van der Waals surface area contributed by atoms with Gasteiger partial charge in [-0.25, -0.2) is 19.5 Å². The Bertz CT molecular complexity index is 896. The fourth-order valence-corrected chi connectivity index (χ4v) is 2.47. The molecule has 0 unspecified atom stereocenters. The Morgan fingerprint density at radius 1 is 1.04 bits per heavy atom. The predicted octanol–water partition coefficient (Wildman–Crippen LogP) is 0.471. The summed E-state index contributed by atoms with van der Waals surface area (Å²) in [7, 11) is 0. The van der Waals surface area contributed by atoms with Crippen LogP contribution in [0.4, 0.5) is 17.6 Å². The second-order valence-corrected chi connectivity index (χ2v) is 5.50. The summed E-state index contributed by atoms with van der Waals surface area (Å²) in [4.78, 5) is 26.3. The number of carbonyl (C=O) groups is 2. The molecule has 1 atom stereocenters. The Morgan fingerprint density at radius 2 is 1.65 bits per heavy atom. The average Bonchev–Trinajstić information content (AvgIpc) is 2.93. The van der Waals surface area contributed by atoms with Crippen molar-refractivity contribution in [3.05, 3.63) is 71.5 Å². The van der Waals surface area contributed by atoms with E-state index in [-0.39, 0.29) is 11.4 Å². The lowest BCUT2D eigenvalue weighted by Gasteiger charge is -2.23. The van der Waals surface area contributed by atoms with Gasteiger partial charge in [0.25, 0.3) is 11.7 Å². The summed E-state index contributed by atoms with van der Waals surface area (Å²) in [6, 6.07) is 12.3. The van der Waals surface area contributed by atoms with Crippen LogP contribution in [-0.2, 0) is 4.79 Å². The molecule has 0 aromatic heterocycles. The molecular formula is C17H12F4N3O2+. The molecule has 0 aliphatic carbocycles. The summed E-state index contributed by atoms with van der Waals surface area (Å²) in [6.07, 6.45) is -5.19. The molecule has 0 saturated carbocycles. The standard InChI is InChI=1S/C17H11F4N3O2/c18-12-9-5-4-8-11(12)14(25)24-16(17(19,20)21)15(26)22-13(23-16)10-6-2-1-3-7-10/h1-9H,(H,24,25)(H,22,23,26)/p+1/t16-/m0/s1. The molecular weight excluding hydrogens is 354 g/mol. The molecule has 2 aromatic carbocycles. The number of carbonyl (C=O) groups excluding carboxylic acids is 2. The van der Waals surface area contributed by atoms with Gasteiger partial charge in [-0.3, -0.25) is 10.1 Å². The number of rotatable bonds is 3. The van der Waals surface area contributed by atoms with E-state index in [0.717, 1.165) is 12.1 Å². The molecule has 0 spiro atoms. The zero-order chi connectivity index (χ0) is 18.9. The van der Waals surface area contributed by atoms with Crippen molar-refractivity contribution < 1.29 is 32.1 Å². The van der Waals surface area contributed by atoms with Crippen molar-refractivity contribution in [3.8, 4) is 0 Å². The van der Waals surface area contributed by atoms with Gasteiger partial charge in [0.05, 0.1) is 11.1 Å². The molecule has 1 heterocycles. The molecule has 26 heavy (non-hydrogen) atoms. The highest BCUT2D eigenvalue weighted by Crippen LogP contribution is 2.27. The van der Waals surface area contributed by atoms with Crippen LogP contribution >= 0.6 is 0 Å². The molecule has 0 saturated heterocycles. The maximum absolute atomic E-state index is 13.7. The summed E-state index contributed by atoms with van der Waals surface area (Å²) < 4.78 is 54.8. The quantitative estimate of drug-likeness (QED) is 0.692. The van der Waals surface area contributed by atoms with E-state index in [1.54, 1.807) is 23.5 Å². The van der Waals surface area contributed by atoms with Crippen molar-refractivity contribution in [2.24, 2.45) is 0 Å². The highest BCUT2D eigenvalue weighted by molar-refractivity contribution is 6.11. The predicted molar refractivity (Wildman–Crippen MR) is 82.3 cm³/mol. The first-order chi connectivity index (χ1) is 12.2. The van der Waals surface area contributed by atoms with Crippen LogP contribution in [0.2, 0.25) is 0 Å². The maximum atomic E-state index is 13.7. The van der Waals surface area contributed by atoms with Crippen LogP contribution < -0.4 is 15.6 Å².